The third-order valence-corrected chi connectivity index (χ3v) is 5.06. The SMILES string of the molecule is CCC1(C)NC(=O)N(NC(=O)CSc2ncnc3ccccc23)C1=O. The van der Waals surface area contributed by atoms with Gasteiger partial charge in [-0.25, -0.2) is 14.8 Å². The summed E-state index contributed by atoms with van der Waals surface area (Å²) in [7, 11) is 0. The highest BCUT2D eigenvalue weighted by atomic mass is 32.2. The van der Waals surface area contributed by atoms with E-state index >= 15 is 0 Å². The average molecular weight is 359 g/mol. The Morgan fingerprint density at radius 1 is 1.32 bits per heavy atom. The molecule has 8 nitrogen and oxygen atoms in total. The van der Waals surface area contributed by atoms with Crippen LogP contribution in [0.5, 0.6) is 0 Å². The van der Waals surface area contributed by atoms with Crippen molar-refractivity contribution in [1.29, 1.82) is 0 Å². The molecule has 0 saturated carbocycles. The molecule has 0 radical (unpaired) electrons. The minimum Gasteiger partial charge on any atom is -0.322 e. The molecule has 1 atom stereocenters. The summed E-state index contributed by atoms with van der Waals surface area (Å²) in [5.41, 5.74) is 2.15. The third kappa shape index (κ3) is 3.27. The quantitative estimate of drug-likeness (QED) is 0.476. The molecule has 0 aliphatic carbocycles. The summed E-state index contributed by atoms with van der Waals surface area (Å²) < 4.78 is 0. The highest BCUT2D eigenvalue weighted by Gasteiger charge is 2.47. The van der Waals surface area contributed by atoms with Gasteiger partial charge in [0.25, 0.3) is 5.91 Å². The lowest BCUT2D eigenvalue weighted by atomic mass is 10.00. The summed E-state index contributed by atoms with van der Waals surface area (Å²) in [5, 5.41) is 4.83. The number of nitrogens with zero attached hydrogens (tertiary/aromatic N) is 3. The van der Waals surface area contributed by atoms with Crippen molar-refractivity contribution in [2.45, 2.75) is 30.8 Å². The predicted molar refractivity (Wildman–Crippen MR) is 92.5 cm³/mol. The number of thioether (sulfide) groups is 1. The van der Waals surface area contributed by atoms with Crippen molar-refractivity contribution in [3.05, 3.63) is 30.6 Å². The van der Waals surface area contributed by atoms with Gasteiger partial charge in [0.05, 0.1) is 11.3 Å². The Labute approximate surface area is 148 Å². The van der Waals surface area contributed by atoms with E-state index in [1.54, 1.807) is 13.8 Å². The Morgan fingerprint density at radius 2 is 2.08 bits per heavy atom. The first-order valence-corrected chi connectivity index (χ1v) is 8.72. The molecule has 1 fully saturated rings. The van der Waals surface area contributed by atoms with Gasteiger partial charge in [-0.1, -0.05) is 36.9 Å². The number of amides is 4. The molecule has 130 valence electrons. The minimum atomic E-state index is -0.986. The molecule has 1 aromatic carbocycles. The number of benzene rings is 1. The topological polar surface area (TPSA) is 104 Å². The number of hydrogen-bond donors (Lipinski definition) is 2. The Hall–Kier alpha value is -2.68. The molecule has 0 bridgehead atoms. The minimum absolute atomic E-state index is 0.0148. The van der Waals surface area contributed by atoms with Gasteiger partial charge in [-0.2, -0.15) is 5.01 Å². The van der Waals surface area contributed by atoms with Crippen molar-refractivity contribution >= 4 is 40.5 Å². The second-order valence-corrected chi connectivity index (χ2v) is 6.74. The van der Waals surface area contributed by atoms with Gasteiger partial charge in [0, 0.05) is 5.39 Å². The zero-order valence-electron chi connectivity index (χ0n) is 13.8. The molecule has 25 heavy (non-hydrogen) atoms. The summed E-state index contributed by atoms with van der Waals surface area (Å²) in [5.74, 6) is -0.914. The molecular formula is C16H17N5O3S. The fourth-order valence-corrected chi connectivity index (χ4v) is 3.19. The van der Waals surface area contributed by atoms with E-state index in [0.29, 0.717) is 11.4 Å². The van der Waals surface area contributed by atoms with Gasteiger partial charge in [-0.3, -0.25) is 15.0 Å². The third-order valence-electron chi connectivity index (χ3n) is 4.05. The maximum atomic E-state index is 12.3. The molecular weight excluding hydrogens is 342 g/mol. The molecule has 2 N–H and O–H groups in total. The van der Waals surface area contributed by atoms with Gasteiger partial charge in [0.1, 0.15) is 16.9 Å². The molecule has 3 rings (SSSR count). The van der Waals surface area contributed by atoms with Crippen molar-refractivity contribution < 1.29 is 14.4 Å². The van der Waals surface area contributed by atoms with Gasteiger partial charge >= 0.3 is 6.03 Å². The predicted octanol–water partition coefficient (Wildman–Crippen LogP) is 1.47. The normalized spacial score (nSPS) is 20.0. The van der Waals surface area contributed by atoms with Crippen LogP contribution in [0, 0.1) is 0 Å². The van der Waals surface area contributed by atoms with Crippen molar-refractivity contribution in [2.24, 2.45) is 0 Å². The first-order chi connectivity index (χ1) is 11.9. The van der Waals surface area contributed by atoms with Crippen LogP contribution in [0.2, 0.25) is 0 Å². The maximum Gasteiger partial charge on any atom is 0.344 e. The maximum absolute atomic E-state index is 12.3. The molecule has 4 amide bonds. The molecule has 0 spiro atoms. The summed E-state index contributed by atoms with van der Waals surface area (Å²) >= 11 is 1.22. The summed E-state index contributed by atoms with van der Waals surface area (Å²) in [6, 6.07) is 6.85. The number of hydrazine groups is 1. The van der Waals surface area contributed by atoms with E-state index in [4.69, 9.17) is 0 Å². The Bertz CT molecular complexity index is 853. The van der Waals surface area contributed by atoms with Crippen molar-refractivity contribution in [2.75, 3.05) is 5.75 Å². The number of carbonyl (C=O) groups excluding carboxylic acids is 3. The Kier molecular flexibility index (Phi) is 4.58. The fourth-order valence-electron chi connectivity index (χ4n) is 2.41. The van der Waals surface area contributed by atoms with Gasteiger partial charge in [0.2, 0.25) is 5.91 Å². The van der Waals surface area contributed by atoms with Crippen LogP contribution in [0.4, 0.5) is 4.79 Å². The lowest BCUT2D eigenvalue weighted by molar-refractivity contribution is -0.137. The van der Waals surface area contributed by atoms with E-state index in [1.807, 2.05) is 24.3 Å². The number of para-hydroxylation sites is 1. The second-order valence-electron chi connectivity index (χ2n) is 5.78. The number of imide groups is 1. The largest absolute Gasteiger partial charge is 0.344 e. The fraction of sp³-hybridized carbons (Fsp3) is 0.312. The molecule has 1 unspecified atom stereocenters. The van der Waals surface area contributed by atoms with E-state index in [2.05, 4.69) is 20.7 Å². The number of hydrogen-bond acceptors (Lipinski definition) is 6. The number of urea groups is 1. The Morgan fingerprint density at radius 3 is 2.80 bits per heavy atom. The number of fused-ring (bicyclic) bond motifs is 1. The molecule has 1 aliphatic rings. The number of carbonyl (C=O) groups is 3. The average Bonchev–Trinajstić information content (AvgIpc) is 2.83. The van der Waals surface area contributed by atoms with E-state index in [9.17, 15) is 14.4 Å². The second kappa shape index (κ2) is 6.67. The number of rotatable bonds is 5. The Balaban J connectivity index is 1.65. The van der Waals surface area contributed by atoms with E-state index in [0.717, 1.165) is 15.9 Å². The first kappa shape index (κ1) is 17.2. The van der Waals surface area contributed by atoms with Crippen LogP contribution in [0.1, 0.15) is 20.3 Å². The van der Waals surface area contributed by atoms with Gasteiger partial charge < -0.3 is 5.32 Å². The zero-order valence-corrected chi connectivity index (χ0v) is 14.6. The number of nitrogens with one attached hydrogen (secondary N) is 2. The molecule has 1 saturated heterocycles. The lowest BCUT2D eigenvalue weighted by Crippen LogP contribution is -2.49. The first-order valence-electron chi connectivity index (χ1n) is 7.73. The van der Waals surface area contributed by atoms with Crippen LogP contribution in [0.3, 0.4) is 0 Å². The molecule has 1 aliphatic heterocycles. The van der Waals surface area contributed by atoms with Crippen molar-refractivity contribution in [3.63, 3.8) is 0 Å². The highest BCUT2D eigenvalue weighted by molar-refractivity contribution is 8.00. The molecule has 9 heteroatoms. The highest BCUT2D eigenvalue weighted by Crippen LogP contribution is 2.24. The van der Waals surface area contributed by atoms with Crippen LogP contribution in [-0.2, 0) is 9.59 Å². The lowest BCUT2D eigenvalue weighted by Gasteiger charge is -2.19. The zero-order chi connectivity index (χ0) is 18.0. The van der Waals surface area contributed by atoms with Crippen molar-refractivity contribution in [3.8, 4) is 0 Å². The summed E-state index contributed by atoms with van der Waals surface area (Å²) in [4.78, 5) is 44.7. The van der Waals surface area contributed by atoms with E-state index in [1.165, 1.54) is 18.1 Å². The standard InChI is InChI=1S/C16H17N5O3S/c1-3-16(2)14(23)21(15(24)19-16)20-12(22)8-25-13-10-6-4-5-7-11(10)17-9-18-13/h4-7,9H,3,8H2,1-2H3,(H,19,24)(H,20,22). The van der Waals surface area contributed by atoms with E-state index < -0.39 is 23.4 Å². The van der Waals surface area contributed by atoms with Crippen LogP contribution < -0.4 is 10.7 Å². The van der Waals surface area contributed by atoms with Crippen molar-refractivity contribution in [1.82, 2.24) is 25.7 Å². The van der Waals surface area contributed by atoms with Crippen LogP contribution in [0.15, 0.2) is 35.6 Å². The van der Waals surface area contributed by atoms with Gasteiger partial charge in [-0.05, 0) is 19.4 Å². The molecule has 2 heterocycles. The summed E-state index contributed by atoms with van der Waals surface area (Å²) in [6.07, 6.45) is 1.87. The van der Waals surface area contributed by atoms with Gasteiger partial charge in [0.15, 0.2) is 0 Å². The number of aromatic nitrogens is 2. The van der Waals surface area contributed by atoms with Crippen LogP contribution in [-0.4, -0.2) is 44.1 Å². The van der Waals surface area contributed by atoms with Crippen LogP contribution >= 0.6 is 11.8 Å². The van der Waals surface area contributed by atoms with E-state index in [-0.39, 0.29) is 5.75 Å². The molecule has 2 aromatic rings. The summed E-state index contributed by atoms with van der Waals surface area (Å²) in [6.45, 7) is 3.42. The monoisotopic (exact) mass is 359 g/mol. The van der Waals surface area contributed by atoms with Gasteiger partial charge in [-0.15, -0.1) is 0 Å². The smallest absolute Gasteiger partial charge is 0.322 e. The molecule has 1 aromatic heterocycles. The van der Waals surface area contributed by atoms with Crippen LogP contribution in [0.25, 0.3) is 10.9 Å².